The fraction of sp³-hybridized carbons (Fsp3) is 0.381. The molecule has 0 aliphatic carbocycles. The van der Waals surface area contributed by atoms with Crippen LogP contribution < -0.4 is 20.7 Å². The summed E-state index contributed by atoms with van der Waals surface area (Å²) in [5, 5.41) is 9.13. The lowest BCUT2D eigenvalue weighted by molar-refractivity contribution is -0.145. The minimum Gasteiger partial charge on any atom is -0.482 e. The fourth-order valence-corrected chi connectivity index (χ4v) is 3.03. The predicted octanol–water partition coefficient (Wildman–Crippen LogP) is 1.88. The van der Waals surface area contributed by atoms with Gasteiger partial charge in [-0.1, -0.05) is 6.07 Å². The molecule has 1 unspecified atom stereocenters. The maximum Gasteiger partial charge on any atom is 0.344 e. The molecule has 10 heteroatoms. The van der Waals surface area contributed by atoms with Gasteiger partial charge in [-0.15, -0.1) is 0 Å². The van der Waals surface area contributed by atoms with E-state index in [1.807, 2.05) is 7.05 Å². The predicted molar refractivity (Wildman–Crippen MR) is 117 cm³/mol. The Balaban J connectivity index is 1.71. The van der Waals surface area contributed by atoms with Crippen LogP contribution in [0.2, 0.25) is 0 Å². The van der Waals surface area contributed by atoms with Crippen LogP contribution in [-0.2, 0) is 14.3 Å². The molecular weight excluding hydrogens is 400 g/mol. The van der Waals surface area contributed by atoms with E-state index in [-0.39, 0.29) is 12.5 Å². The van der Waals surface area contributed by atoms with E-state index in [1.165, 1.54) is 6.33 Å². The summed E-state index contributed by atoms with van der Waals surface area (Å²) in [6.45, 7) is 3.44. The highest BCUT2D eigenvalue weighted by atomic mass is 16.6. The van der Waals surface area contributed by atoms with Gasteiger partial charge in [-0.05, 0) is 39.1 Å². The van der Waals surface area contributed by atoms with Gasteiger partial charge >= 0.3 is 5.97 Å². The first-order valence-electron chi connectivity index (χ1n) is 10.1. The topological polar surface area (TPSA) is 127 Å². The van der Waals surface area contributed by atoms with Gasteiger partial charge in [0.15, 0.2) is 6.61 Å². The second-order valence-corrected chi connectivity index (χ2v) is 6.70. The number of anilines is 2. The minimum atomic E-state index is -0.618. The van der Waals surface area contributed by atoms with E-state index in [1.54, 1.807) is 37.4 Å². The van der Waals surface area contributed by atoms with Crippen molar-refractivity contribution in [3.63, 3.8) is 0 Å². The van der Waals surface area contributed by atoms with E-state index in [0.717, 1.165) is 13.0 Å². The highest BCUT2D eigenvalue weighted by Crippen LogP contribution is 2.34. The third-order valence-electron chi connectivity index (χ3n) is 4.47. The molecule has 3 rings (SSSR count). The molecular formula is C21H26N6O4. The third kappa shape index (κ3) is 5.98. The van der Waals surface area contributed by atoms with E-state index in [0.29, 0.717) is 41.8 Å². The lowest BCUT2D eigenvalue weighted by Gasteiger charge is -2.11. The van der Waals surface area contributed by atoms with Crippen molar-refractivity contribution in [1.29, 1.82) is 0 Å². The second kappa shape index (κ2) is 11.0. The van der Waals surface area contributed by atoms with Crippen molar-refractivity contribution in [2.75, 3.05) is 44.0 Å². The van der Waals surface area contributed by atoms with Gasteiger partial charge in [-0.25, -0.2) is 14.8 Å². The van der Waals surface area contributed by atoms with Gasteiger partial charge in [0, 0.05) is 18.8 Å². The van der Waals surface area contributed by atoms with Crippen LogP contribution in [0.25, 0.3) is 0 Å². The molecule has 1 aromatic carbocycles. The van der Waals surface area contributed by atoms with Crippen molar-refractivity contribution in [2.45, 2.75) is 19.3 Å². The van der Waals surface area contributed by atoms with E-state index < -0.39 is 11.9 Å². The number of ether oxygens (including phenoxy) is 2. The zero-order chi connectivity index (χ0) is 22.1. The van der Waals surface area contributed by atoms with Crippen molar-refractivity contribution in [1.82, 2.24) is 15.3 Å². The molecule has 0 saturated carbocycles. The first-order chi connectivity index (χ1) is 15.1. The van der Waals surface area contributed by atoms with E-state index in [2.05, 4.69) is 30.9 Å². The number of aliphatic imine (C=N–C) groups is 1. The molecule has 0 spiro atoms. The summed E-state index contributed by atoms with van der Waals surface area (Å²) >= 11 is 0. The highest BCUT2D eigenvalue weighted by Gasteiger charge is 2.33. The Morgan fingerprint density at radius 1 is 1.32 bits per heavy atom. The summed E-state index contributed by atoms with van der Waals surface area (Å²) in [5.74, 6) is 0.306. The zero-order valence-corrected chi connectivity index (χ0v) is 17.6. The number of aromatic nitrogens is 2. The monoisotopic (exact) mass is 426 g/mol. The molecule has 1 atom stereocenters. The summed E-state index contributed by atoms with van der Waals surface area (Å²) in [7, 11) is 1.90. The van der Waals surface area contributed by atoms with Crippen LogP contribution in [0.15, 0.2) is 35.6 Å². The smallest absolute Gasteiger partial charge is 0.344 e. The number of fused-ring (bicyclic) bond motifs is 1. The molecule has 1 amide bonds. The maximum absolute atomic E-state index is 12.5. The first-order valence-corrected chi connectivity index (χ1v) is 10.1. The van der Waals surface area contributed by atoms with Gasteiger partial charge in [-0.3, -0.25) is 9.79 Å². The number of amides is 1. The quantitative estimate of drug-likeness (QED) is 0.282. The van der Waals surface area contributed by atoms with E-state index >= 15 is 0 Å². The second-order valence-electron chi connectivity index (χ2n) is 6.70. The Morgan fingerprint density at radius 2 is 2.19 bits per heavy atom. The number of nitrogens with zero attached hydrogens (tertiary/aromatic N) is 3. The molecule has 1 aliphatic heterocycles. The summed E-state index contributed by atoms with van der Waals surface area (Å²) in [6.07, 6.45) is 3.89. The summed E-state index contributed by atoms with van der Waals surface area (Å²) < 4.78 is 10.3. The Labute approximate surface area is 180 Å². The first kappa shape index (κ1) is 22.2. The molecule has 2 heterocycles. The van der Waals surface area contributed by atoms with Crippen LogP contribution >= 0.6 is 0 Å². The third-order valence-corrected chi connectivity index (χ3v) is 4.47. The van der Waals surface area contributed by atoms with Gasteiger partial charge in [0.25, 0.3) is 0 Å². The molecule has 10 nitrogen and oxygen atoms in total. The van der Waals surface area contributed by atoms with Gasteiger partial charge in [0.05, 0.1) is 17.9 Å². The van der Waals surface area contributed by atoms with Crippen LogP contribution in [0.3, 0.4) is 0 Å². The molecule has 0 radical (unpaired) electrons. The minimum absolute atomic E-state index is 0.181. The van der Waals surface area contributed by atoms with Crippen molar-refractivity contribution >= 4 is 35.4 Å². The Kier molecular flexibility index (Phi) is 7.88. The van der Waals surface area contributed by atoms with Crippen LogP contribution in [0.1, 0.15) is 24.8 Å². The average Bonchev–Trinajstić information content (AvgIpc) is 3.10. The number of hydrogen-bond donors (Lipinski definition) is 3. The Hall–Kier alpha value is -3.53. The number of nitrogens with one attached hydrogen (secondary N) is 3. The van der Waals surface area contributed by atoms with Gasteiger partial charge in [0.1, 0.15) is 29.6 Å². The Morgan fingerprint density at radius 3 is 3.00 bits per heavy atom. The van der Waals surface area contributed by atoms with E-state index in [4.69, 9.17) is 9.47 Å². The number of carbonyl (C=O) groups is 2. The summed E-state index contributed by atoms with van der Waals surface area (Å²) in [5.41, 5.74) is 1.26. The highest BCUT2D eigenvalue weighted by molar-refractivity contribution is 6.13. The summed E-state index contributed by atoms with van der Waals surface area (Å²) in [6, 6.07) is 6.94. The zero-order valence-electron chi connectivity index (χ0n) is 17.6. The van der Waals surface area contributed by atoms with E-state index in [9.17, 15) is 9.59 Å². The normalized spacial score (nSPS) is 14.9. The fourth-order valence-electron chi connectivity index (χ4n) is 3.03. The molecule has 164 valence electrons. The van der Waals surface area contributed by atoms with Crippen molar-refractivity contribution in [3.05, 3.63) is 36.2 Å². The van der Waals surface area contributed by atoms with Crippen LogP contribution in [0.5, 0.6) is 5.75 Å². The largest absolute Gasteiger partial charge is 0.482 e. The number of rotatable bonds is 11. The molecule has 3 N–H and O–H groups in total. The number of esters is 1. The van der Waals surface area contributed by atoms with Crippen molar-refractivity contribution < 1.29 is 19.1 Å². The molecule has 2 aromatic rings. The number of hydrogen-bond acceptors (Lipinski definition) is 9. The SMILES string of the molecule is CCOC(=O)COc1cccc(N=CC2C(=O)Nc3ncnc(NCCCNC)c32)c1. The molecule has 0 bridgehead atoms. The van der Waals surface area contributed by atoms with Crippen LogP contribution in [-0.4, -0.2) is 61.4 Å². The van der Waals surface area contributed by atoms with Gasteiger partial charge < -0.3 is 25.4 Å². The molecule has 31 heavy (non-hydrogen) atoms. The lowest BCUT2D eigenvalue weighted by Crippen LogP contribution is -2.16. The lowest BCUT2D eigenvalue weighted by atomic mass is 10.0. The molecule has 1 aromatic heterocycles. The number of benzene rings is 1. The van der Waals surface area contributed by atoms with Crippen molar-refractivity contribution in [2.24, 2.45) is 4.99 Å². The molecule has 0 saturated heterocycles. The average molecular weight is 426 g/mol. The standard InChI is InChI=1S/C21H26N6O4/c1-3-30-17(28)12-31-15-7-4-6-14(10-15)24-11-16-18-19(23-9-5-8-22-2)25-13-26-20(18)27-21(16)29/h4,6-7,10-11,13,16,22H,3,5,8-9,12H2,1-2H3,(H2,23,25,26,27,29). The molecule has 0 fully saturated rings. The maximum atomic E-state index is 12.5. The van der Waals surface area contributed by atoms with Gasteiger partial charge in [-0.2, -0.15) is 0 Å². The number of carbonyl (C=O) groups excluding carboxylic acids is 2. The Bertz CT molecular complexity index is 949. The molecule has 1 aliphatic rings. The van der Waals surface area contributed by atoms with Crippen LogP contribution in [0, 0.1) is 0 Å². The van der Waals surface area contributed by atoms with Gasteiger partial charge in [0.2, 0.25) is 5.91 Å². The van der Waals surface area contributed by atoms with Crippen LogP contribution in [0.4, 0.5) is 17.3 Å². The summed E-state index contributed by atoms with van der Waals surface area (Å²) in [4.78, 5) is 36.9. The van der Waals surface area contributed by atoms with Crippen molar-refractivity contribution in [3.8, 4) is 5.75 Å².